The fraction of sp³-hybridized carbons (Fsp3) is 0.300. The van der Waals surface area contributed by atoms with Gasteiger partial charge >= 0.3 is 0 Å². The van der Waals surface area contributed by atoms with Crippen LogP contribution >= 0.6 is 23.6 Å². The molecule has 2 aromatic heterocycles. The number of rotatable bonds is 0. The molecule has 0 aliphatic carbocycles. The van der Waals surface area contributed by atoms with Crippen LogP contribution in [0.3, 0.4) is 0 Å². The van der Waals surface area contributed by atoms with Gasteiger partial charge in [0, 0.05) is 13.2 Å². The van der Waals surface area contributed by atoms with E-state index in [0.29, 0.717) is 0 Å². The predicted octanol–water partition coefficient (Wildman–Crippen LogP) is 4.00. The monoisotopic (exact) mass is 211 g/mol. The molecule has 0 saturated carbocycles. The molecule has 0 aliphatic heterocycles. The van der Waals surface area contributed by atoms with Gasteiger partial charge in [0.25, 0.3) is 0 Å². The maximum Gasteiger partial charge on any atom is 0.123 e. The number of hydrogen-bond acceptors (Lipinski definition) is 2. The predicted molar refractivity (Wildman–Crippen MR) is 63.0 cm³/mol. The zero-order chi connectivity index (χ0) is 9.84. The van der Waals surface area contributed by atoms with E-state index < -0.39 is 0 Å². The molecule has 0 spiro atoms. The van der Waals surface area contributed by atoms with Crippen molar-refractivity contribution >= 4 is 33.6 Å². The summed E-state index contributed by atoms with van der Waals surface area (Å²) < 4.78 is 4.11. The summed E-state index contributed by atoms with van der Waals surface area (Å²) in [5.74, 6) is 0. The van der Waals surface area contributed by atoms with E-state index in [1.54, 1.807) is 11.3 Å². The van der Waals surface area contributed by atoms with Crippen molar-refractivity contribution in [3.8, 4) is 0 Å². The summed E-state index contributed by atoms with van der Waals surface area (Å²) in [6.07, 6.45) is 2.00. The molecule has 0 saturated heterocycles. The smallest absolute Gasteiger partial charge is 0.123 e. The van der Waals surface area contributed by atoms with Gasteiger partial charge in [0.05, 0.1) is 4.70 Å². The summed E-state index contributed by atoms with van der Waals surface area (Å²) in [4.78, 5) is 0. The first-order valence-corrected chi connectivity index (χ1v) is 5.60. The number of pyridine rings is 1. The Hall–Kier alpha value is -0.670. The molecule has 1 nitrogen and oxygen atoms in total. The summed E-state index contributed by atoms with van der Waals surface area (Å²) in [5, 5.41) is 3.32. The Kier molecular flexibility index (Phi) is 3.63. The zero-order valence-corrected chi connectivity index (χ0v) is 9.71. The number of aromatic nitrogens is 1. The number of nitrogens with zero attached hydrogens (tertiary/aromatic N) is 1. The molecular weight excluding hydrogens is 198 g/mol. The largest absolute Gasteiger partial charge is 0.341 e. The summed E-state index contributed by atoms with van der Waals surface area (Å²) in [5.41, 5.74) is 0. The molecule has 0 amide bonds. The summed E-state index contributed by atoms with van der Waals surface area (Å²) >= 11 is 6.93. The number of hydrogen-bond donors (Lipinski definition) is 0. The Morgan fingerprint density at radius 1 is 1.31 bits per heavy atom. The maximum absolute atomic E-state index is 5.22. The summed E-state index contributed by atoms with van der Waals surface area (Å²) in [6, 6.07) is 4.18. The van der Waals surface area contributed by atoms with E-state index in [1.165, 1.54) is 10.1 Å². The molecule has 0 fully saturated rings. The van der Waals surface area contributed by atoms with Crippen LogP contribution in [0.15, 0.2) is 23.7 Å². The average molecular weight is 211 g/mol. The van der Waals surface area contributed by atoms with Crippen LogP contribution in [0.1, 0.15) is 13.8 Å². The second kappa shape index (κ2) is 4.53. The van der Waals surface area contributed by atoms with E-state index in [9.17, 15) is 0 Å². The third kappa shape index (κ3) is 1.98. The van der Waals surface area contributed by atoms with Crippen LogP contribution in [-0.2, 0) is 7.05 Å². The first-order chi connectivity index (χ1) is 6.29. The molecule has 2 heterocycles. The Morgan fingerprint density at radius 3 is 2.69 bits per heavy atom. The van der Waals surface area contributed by atoms with Crippen LogP contribution in [0, 0.1) is 4.64 Å². The van der Waals surface area contributed by atoms with Crippen LogP contribution in [0.5, 0.6) is 0 Å². The van der Waals surface area contributed by atoms with Gasteiger partial charge in [-0.1, -0.05) is 26.1 Å². The van der Waals surface area contributed by atoms with Gasteiger partial charge in [-0.3, -0.25) is 0 Å². The second-order valence-corrected chi connectivity index (χ2v) is 3.74. The number of aryl methyl sites for hydroxylation is 1. The molecule has 0 bridgehead atoms. The van der Waals surface area contributed by atoms with Crippen molar-refractivity contribution in [1.82, 2.24) is 4.57 Å². The molecule has 3 heteroatoms. The molecule has 2 aromatic rings. The van der Waals surface area contributed by atoms with E-state index in [1.807, 2.05) is 31.7 Å². The van der Waals surface area contributed by atoms with Crippen molar-refractivity contribution in [2.24, 2.45) is 7.05 Å². The first-order valence-electron chi connectivity index (χ1n) is 4.32. The third-order valence-electron chi connectivity index (χ3n) is 1.69. The Morgan fingerprint density at radius 2 is 2.00 bits per heavy atom. The van der Waals surface area contributed by atoms with Crippen molar-refractivity contribution in [3.63, 3.8) is 0 Å². The lowest BCUT2D eigenvalue weighted by molar-refractivity contribution is 0.901. The minimum absolute atomic E-state index is 0.928. The molecule has 13 heavy (non-hydrogen) atoms. The van der Waals surface area contributed by atoms with E-state index >= 15 is 0 Å². The lowest BCUT2D eigenvalue weighted by Gasteiger charge is -1.96. The molecule has 0 radical (unpaired) electrons. The van der Waals surface area contributed by atoms with Crippen LogP contribution in [0.25, 0.3) is 10.1 Å². The quantitative estimate of drug-likeness (QED) is 0.596. The van der Waals surface area contributed by atoms with Crippen LogP contribution in [0.2, 0.25) is 0 Å². The minimum atomic E-state index is 0.928. The van der Waals surface area contributed by atoms with E-state index in [-0.39, 0.29) is 0 Å². The lowest BCUT2D eigenvalue weighted by atomic mass is 10.3. The second-order valence-electron chi connectivity index (χ2n) is 2.44. The van der Waals surface area contributed by atoms with E-state index in [4.69, 9.17) is 12.2 Å². The molecular formula is C10H13NS2. The van der Waals surface area contributed by atoms with Gasteiger partial charge in [0.15, 0.2) is 0 Å². The average Bonchev–Trinajstić information content (AvgIpc) is 2.63. The lowest BCUT2D eigenvalue weighted by Crippen LogP contribution is -1.88. The normalized spacial score (nSPS) is 9.46. The highest BCUT2D eigenvalue weighted by atomic mass is 32.1. The molecule has 0 unspecified atom stereocenters. The van der Waals surface area contributed by atoms with Crippen molar-refractivity contribution in [2.75, 3.05) is 0 Å². The fourth-order valence-electron chi connectivity index (χ4n) is 1.04. The summed E-state index contributed by atoms with van der Waals surface area (Å²) in [6.45, 7) is 4.00. The van der Waals surface area contributed by atoms with Crippen molar-refractivity contribution in [1.29, 1.82) is 0 Å². The molecule has 70 valence electrons. The number of fused-ring (bicyclic) bond motifs is 1. The molecule has 0 aromatic carbocycles. The van der Waals surface area contributed by atoms with Crippen molar-refractivity contribution in [3.05, 3.63) is 28.4 Å². The van der Waals surface area contributed by atoms with Crippen molar-refractivity contribution < 1.29 is 0 Å². The fourth-order valence-corrected chi connectivity index (χ4v) is 2.23. The van der Waals surface area contributed by atoms with Gasteiger partial charge < -0.3 is 4.57 Å². The maximum atomic E-state index is 5.22. The van der Waals surface area contributed by atoms with Crippen LogP contribution in [-0.4, -0.2) is 4.57 Å². The van der Waals surface area contributed by atoms with Gasteiger partial charge in [-0.25, -0.2) is 0 Å². The van der Waals surface area contributed by atoms with Crippen LogP contribution in [0.4, 0.5) is 0 Å². The Bertz CT molecular complexity index is 439. The Balaban J connectivity index is 0.000000396. The highest BCUT2D eigenvalue weighted by Gasteiger charge is 1.96. The van der Waals surface area contributed by atoms with Gasteiger partial charge in [0.1, 0.15) is 4.64 Å². The standard InChI is InChI=1S/C8H7NS2.C2H6/c1-9-4-2-6-3-5-11-7(6)8(9)10;1-2/h2-5H,1H3;1-2H3. The molecule has 0 atom stereocenters. The van der Waals surface area contributed by atoms with Gasteiger partial charge in [-0.2, -0.15) is 0 Å². The molecule has 0 N–H and O–H groups in total. The van der Waals surface area contributed by atoms with E-state index in [0.717, 1.165) is 4.64 Å². The van der Waals surface area contributed by atoms with E-state index in [2.05, 4.69) is 17.5 Å². The topological polar surface area (TPSA) is 4.93 Å². The van der Waals surface area contributed by atoms with Gasteiger partial charge in [-0.05, 0) is 22.9 Å². The van der Waals surface area contributed by atoms with Gasteiger partial charge in [-0.15, -0.1) is 11.3 Å². The van der Waals surface area contributed by atoms with Crippen molar-refractivity contribution in [2.45, 2.75) is 13.8 Å². The summed E-state index contributed by atoms with van der Waals surface area (Å²) in [7, 11) is 1.97. The molecule has 2 rings (SSSR count). The molecule has 0 aliphatic rings. The van der Waals surface area contributed by atoms with Gasteiger partial charge in [0.2, 0.25) is 0 Å². The third-order valence-corrected chi connectivity index (χ3v) is 3.25. The SMILES string of the molecule is CC.Cn1ccc2ccsc2c1=S. The Labute approximate surface area is 87.6 Å². The van der Waals surface area contributed by atoms with Crippen LogP contribution < -0.4 is 0 Å². The highest BCUT2D eigenvalue weighted by Crippen LogP contribution is 2.20. The first kappa shape index (κ1) is 10.4. The zero-order valence-electron chi connectivity index (χ0n) is 8.07. The minimum Gasteiger partial charge on any atom is -0.341 e. The number of thiophene rings is 1. The highest BCUT2D eigenvalue weighted by molar-refractivity contribution is 7.71.